The maximum absolute atomic E-state index is 10.2. The summed E-state index contributed by atoms with van der Waals surface area (Å²) < 4.78 is 2.02. The van der Waals surface area contributed by atoms with Crippen LogP contribution in [-0.2, 0) is 6.42 Å². The molecule has 0 fully saturated rings. The number of hydrogen-bond acceptors (Lipinski definition) is 2. The van der Waals surface area contributed by atoms with Gasteiger partial charge in [-0.3, -0.25) is 0 Å². The Labute approximate surface area is 159 Å². The predicted molar refractivity (Wildman–Crippen MR) is 109 cm³/mol. The van der Waals surface area contributed by atoms with Crippen molar-refractivity contribution in [3.05, 3.63) is 101 Å². The van der Waals surface area contributed by atoms with Gasteiger partial charge in [0.25, 0.3) is 0 Å². The molecule has 0 spiro atoms. The van der Waals surface area contributed by atoms with Crippen molar-refractivity contribution in [1.82, 2.24) is 9.78 Å². The molecule has 0 amide bonds. The Bertz CT molecular complexity index is 1080. The minimum absolute atomic E-state index is 0.325. The largest absolute Gasteiger partial charge is 0.508 e. The summed E-state index contributed by atoms with van der Waals surface area (Å²) >= 11 is 0. The van der Waals surface area contributed by atoms with Gasteiger partial charge in [0, 0.05) is 17.7 Å². The third-order valence-corrected chi connectivity index (χ3v) is 5.06. The van der Waals surface area contributed by atoms with Gasteiger partial charge in [0.05, 0.1) is 11.4 Å². The molecule has 3 nitrogen and oxygen atoms in total. The molecule has 3 heteroatoms. The zero-order chi connectivity index (χ0) is 18.8. The van der Waals surface area contributed by atoms with Crippen molar-refractivity contribution in [1.29, 1.82) is 0 Å². The van der Waals surface area contributed by atoms with Gasteiger partial charge >= 0.3 is 0 Å². The molecule has 4 aromatic rings. The summed E-state index contributed by atoms with van der Waals surface area (Å²) in [4.78, 5) is 0. The molecule has 0 unspecified atom stereocenters. The normalized spacial score (nSPS) is 10.9. The van der Waals surface area contributed by atoms with Crippen LogP contribution in [0.15, 0.2) is 78.9 Å². The molecule has 27 heavy (non-hydrogen) atoms. The third kappa shape index (κ3) is 3.24. The molecular weight excluding hydrogens is 332 g/mol. The molecule has 0 aliphatic heterocycles. The summed E-state index contributed by atoms with van der Waals surface area (Å²) in [5, 5.41) is 15.1. The summed E-state index contributed by atoms with van der Waals surface area (Å²) in [5.74, 6) is 0.325. The highest BCUT2D eigenvalue weighted by molar-refractivity contribution is 5.64. The Morgan fingerprint density at radius 2 is 1.41 bits per heavy atom. The number of rotatable bonds is 4. The van der Waals surface area contributed by atoms with E-state index in [4.69, 9.17) is 5.10 Å². The molecule has 0 saturated carbocycles. The molecule has 0 radical (unpaired) electrons. The van der Waals surface area contributed by atoms with Crippen LogP contribution in [0.25, 0.3) is 16.9 Å². The molecule has 0 atom stereocenters. The number of aromatic nitrogens is 2. The summed E-state index contributed by atoms with van der Waals surface area (Å²) in [5.41, 5.74) is 7.51. The molecule has 0 aliphatic carbocycles. The van der Waals surface area contributed by atoms with Crippen molar-refractivity contribution in [2.45, 2.75) is 20.3 Å². The van der Waals surface area contributed by atoms with Crippen LogP contribution >= 0.6 is 0 Å². The van der Waals surface area contributed by atoms with Gasteiger partial charge in [-0.25, -0.2) is 4.68 Å². The van der Waals surface area contributed by atoms with Crippen molar-refractivity contribution < 1.29 is 5.11 Å². The standard InChI is InChI=1S/C24H22N2O/c1-17-18(2)26(25-24(17)19-10-4-3-5-11-19)22-14-8-6-12-20(22)16-21-13-7-9-15-23(21)27/h3-15,27H,16H2,1-2H3. The highest BCUT2D eigenvalue weighted by atomic mass is 16.3. The number of phenolic OH excluding ortho intramolecular Hbond substituents is 1. The maximum atomic E-state index is 10.2. The quantitative estimate of drug-likeness (QED) is 0.529. The Morgan fingerprint density at radius 1 is 0.778 bits per heavy atom. The molecule has 3 aromatic carbocycles. The maximum Gasteiger partial charge on any atom is 0.119 e. The summed E-state index contributed by atoms with van der Waals surface area (Å²) in [6, 6.07) is 26.0. The van der Waals surface area contributed by atoms with E-state index in [9.17, 15) is 5.11 Å². The van der Waals surface area contributed by atoms with Crippen LogP contribution < -0.4 is 0 Å². The van der Waals surface area contributed by atoms with E-state index in [1.54, 1.807) is 6.07 Å². The first-order valence-corrected chi connectivity index (χ1v) is 9.12. The molecule has 1 heterocycles. The van der Waals surface area contributed by atoms with E-state index in [1.165, 1.54) is 5.56 Å². The number of hydrogen-bond donors (Lipinski definition) is 1. The monoisotopic (exact) mass is 354 g/mol. The molecule has 0 saturated heterocycles. The van der Waals surface area contributed by atoms with Crippen molar-refractivity contribution in [2.24, 2.45) is 0 Å². The van der Waals surface area contributed by atoms with E-state index < -0.39 is 0 Å². The van der Waals surface area contributed by atoms with Gasteiger partial charge in [-0.2, -0.15) is 5.10 Å². The Morgan fingerprint density at radius 3 is 2.15 bits per heavy atom. The van der Waals surface area contributed by atoms with Crippen LogP contribution in [0.2, 0.25) is 0 Å². The average molecular weight is 354 g/mol. The first kappa shape index (κ1) is 17.1. The second-order valence-electron chi connectivity index (χ2n) is 6.77. The lowest BCUT2D eigenvalue weighted by Crippen LogP contribution is -2.04. The second kappa shape index (κ2) is 7.12. The van der Waals surface area contributed by atoms with Gasteiger partial charge in [-0.05, 0) is 42.7 Å². The van der Waals surface area contributed by atoms with Gasteiger partial charge in [0.1, 0.15) is 5.75 Å². The smallest absolute Gasteiger partial charge is 0.119 e. The summed E-state index contributed by atoms with van der Waals surface area (Å²) in [7, 11) is 0. The van der Waals surface area contributed by atoms with Crippen LogP contribution in [0, 0.1) is 13.8 Å². The van der Waals surface area contributed by atoms with Crippen LogP contribution in [-0.4, -0.2) is 14.9 Å². The Balaban J connectivity index is 1.80. The van der Waals surface area contributed by atoms with E-state index in [1.807, 2.05) is 53.2 Å². The molecule has 1 N–H and O–H groups in total. The Hall–Kier alpha value is -3.33. The van der Waals surface area contributed by atoms with E-state index >= 15 is 0 Å². The van der Waals surface area contributed by atoms with Crippen molar-refractivity contribution in [2.75, 3.05) is 0 Å². The summed E-state index contributed by atoms with van der Waals surface area (Å²) in [6.45, 7) is 4.22. The number of benzene rings is 3. The molecular formula is C24H22N2O. The van der Waals surface area contributed by atoms with Gasteiger partial charge in [-0.1, -0.05) is 66.7 Å². The first-order chi connectivity index (χ1) is 13.1. The minimum Gasteiger partial charge on any atom is -0.508 e. The van der Waals surface area contributed by atoms with Crippen LogP contribution in [0.3, 0.4) is 0 Å². The number of aromatic hydroxyl groups is 1. The Kier molecular flexibility index (Phi) is 4.51. The van der Waals surface area contributed by atoms with E-state index in [0.29, 0.717) is 12.2 Å². The summed E-state index contributed by atoms with van der Waals surface area (Å²) in [6.07, 6.45) is 0.655. The fraction of sp³-hybridized carbons (Fsp3) is 0.125. The van der Waals surface area contributed by atoms with Gasteiger partial charge in [-0.15, -0.1) is 0 Å². The second-order valence-corrected chi connectivity index (χ2v) is 6.77. The SMILES string of the molecule is Cc1c(-c2ccccc2)nn(-c2ccccc2Cc2ccccc2O)c1C. The van der Waals surface area contributed by atoms with Crippen LogP contribution in [0.1, 0.15) is 22.4 Å². The number of nitrogens with zero attached hydrogens (tertiary/aromatic N) is 2. The van der Waals surface area contributed by atoms with E-state index in [2.05, 4.69) is 38.1 Å². The zero-order valence-electron chi connectivity index (χ0n) is 15.6. The lowest BCUT2D eigenvalue weighted by molar-refractivity contribution is 0.469. The minimum atomic E-state index is 0.325. The van der Waals surface area contributed by atoms with Crippen molar-refractivity contribution >= 4 is 0 Å². The molecule has 1 aromatic heterocycles. The molecule has 0 bridgehead atoms. The molecule has 134 valence electrons. The predicted octanol–water partition coefficient (Wildman–Crippen LogP) is 5.45. The molecule has 4 rings (SSSR count). The fourth-order valence-electron chi connectivity index (χ4n) is 3.42. The van der Waals surface area contributed by atoms with Crippen LogP contribution in [0.5, 0.6) is 5.75 Å². The fourth-order valence-corrected chi connectivity index (χ4v) is 3.42. The highest BCUT2D eigenvalue weighted by Crippen LogP contribution is 2.29. The van der Waals surface area contributed by atoms with Gasteiger partial charge < -0.3 is 5.11 Å². The lowest BCUT2D eigenvalue weighted by Gasteiger charge is -2.12. The average Bonchev–Trinajstić information content (AvgIpc) is 3.00. The van der Waals surface area contributed by atoms with E-state index in [0.717, 1.165) is 33.8 Å². The van der Waals surface area contributed by atoms with Crippen molar-refractivity contribution in [3.8, 4) is 22.7 Å². The van der Waals surface area contributed by atoms with Crippen molar-refractivity contribution in [3.63, 3.8) is 0 Å². The van der Waals surface area contributed by atoms with Gasteiger partial charge in [0.2, 0.25) is 0 Å². The zero-order valence-corrected chi connectivity index (χ0v) is 15.6. The third-order valence-electron chi connectivity index (χ3n) is 5.06. The lowest BCUT2D eigenvalue weighted by atomic mass is 10.0. The number of phenols is 1. The topological polar surface area (TPSA) is 38.0 Å². The first-order valence-electron chi connectivity index (χ1n) is 9.12. The van der Waals surface area contributed by atoms with Gasteiger partial charge in [0.15, 0.2) is 0 Å². The van der Waals surface area contributed by atoms with E-state index in [-0.39, 0.29) is 0 Å². The van der Waals surface area contributed by atoms with Crippen LogP contribution in [0.4, 0.5) is 0 Å². The molecule has 0 aliphatic rings. The highest BCUT2D eigenvalue weighted by Gasteiger charge is 2.16. The number of para-hydroxylation sites is 2.